The van der Waals surface area contributed by atoms with Crippen molar-refractivity contribution in [1.29, 1.82) is 0 Å². The molecule has 0 aliphatic carbocycles. The molecular weight excluding hydrogens is 374 g/mol. The lowest BCUT2D eigenvalue weighted by Gasteiger charge is -2.06. The Morgan fingerprint density at radius 3 is 2.56 bits per heavy atom. The van der Waals surface area contributed by atoms with Crippen LogP contribution >= 0.6 is 11.3 Å². The van der Waals surface area contributed by atoms with Crippen molar-refractivity contribution in [3.8, 4) is 0 Å². The van der Waals surface area contributed by atoms with E-state index in [2.05, 4.69) is 10.6 Å². The van der Waals surface area contributed by atoms with E-state index < -0.39 is 22.7 Å². The summed E-state index contributed by atoms with van der Waals surface area (Å²) >= 11 is 0.910. The monoisotopic (exact) mass is 391 g/mol. The first-order valence-corrected chi connectivity index (χ1v) is 8.70. The third kappa shape index (κ3) is 4.29. The molecule has 0 saturated carbocycles. The predicted octanol–water partition coefficient (Wildman–Crippen LogP) is 2.75. The zero-order valence-corrected chi connectivity index (χ0v) is 15.6. The van der Waals surface area contributed by atoms with Crippen LogP contribution in [0.4, 0.5) is 10.7 Å². The van der Waals surface area contributed by atoms with Gasteiger partial charge in [-0.1, -0.05) is 6.07 Å². The largest absolute Gasteiger partial charge is 0.462 e. The van der Waals surface area contributed by atoms with E-state index in [4.69, 9.17) is 4.74 Å². The van der Waals surface area contributed by atoms with Gasteiger partial charge in [-0.2, -0.15) is 0 Å². The van der Waals surface area contributed by atoms with Gasteiger partial charge in [0.15, 0.2) is 0 Å². The van der Waals surface area contributed by atoms with Gasteiger partial charge >= 0.3 is 5.97 Å². The first-order chi connectivity index (χ1) is 12.8. The molecule has 10 heteroatoms. The first-order valence-electron chi connectivity index (χ1n) is 7.88. The van der Waals surface area contributed by atoms with Crippen LogP contribution in [0.1, 0.15) is 42.9 Å². The van der Waals surface area contributed by atoms with Crippen LogP contribution in [0.25, 0.3) is 0 Å². The minimum atomic E-state index is -0.638. The number of nitrogens with one attached hydrogen (secondary N) is 2. The summed E-state index contributed by atoms with van der Waals surface area (Å²) in [5.74, 6) is -1.71. The summed E-state index contributed by atoms with van der Waals surface area (Å²) in [4.78, 5) is 47.3. The lowest BCUT2D eigenvalue weighted by molar-refractivity contribution is -0.384. The van der Waals surface area contributed by atoms with Gasteiger partial charge in [0.05, 0.1) is 17.1 Å². The quantitative estimate of drug-likeness (QED) is 0.443. The Morgan fingerprint density at radius 1 is 1.26 bits per heavy atom. The van der Waals surface area contributed by atoms with E-state index in [1.807, 2.05) is 0 Å². The molecule has 0 atom stereocenters. The molecular formula is C17H17N3O6S. The molecule has 27 heavy (non-hydrogen) atoms. The number of hydrogen-bond acceptors (Lipinski definition) is 7. The average Bonchev–Trinajstić information content (AvgIpc) is 2.97. The molecule has 2 aromatic rings. The van der Waals surface area contributed by atoms with Gasteiger partial charge in [-0.05, 0) is 25.5 Å². The average molecular weight is 391 g/mol. The van der Waals surface area contributed by atoms with E-state index in [-0.39, 0.29) is 33.3 Å². The molecule has 1 heterocycles. The zero-order chi connectivity index (χ0) is 20.1. The van der Waals surface area contributed by atoms with Crippen molar-refractivity contribution in [1.82, 2.24) is 5.32 Å². The molecule has 142 valence electrons. The Morgan fingerprint density at radius 2 is 1.96 bits per heavy atom. The second-order valence-electron chi connectivity index (χ2n) is 5.32. The molecule has 0 bridgehead atoms. The molecule has 0 aliphatic heterocycles. The van der Waals surface area contributed by atoms with Gasteiger partial charge in [0.2, 0.25) is 0 Å². The Kier molecular flexibility index (Phi) is 6.24. The van der Waals surface area contributed by atoms with Crippen molar-refractivity contribution >= 4 is 39.8 Å². The summed E-state index contributed by atoms with van der Waals surface area (Å²) in [5.41, 5.74) is 0.344. The van der Waals surface area contributed by atoms with Crippen LogP contribution in [0, 0.1) is 17.0 Å². The minimum absolute atomic E-state index is 0.0517. The Balaban J connectivity index is 2.42. The van der Waals surface area contributed by atoms with Crippen LogP contribution < -0.4 is 10.6 Å². The number of carbonyl (C=O) groups is 3. The van der Waals surface area contributed by atoms with Crippen molar-refractivity contribution < 1.29 is 24.0 Å². The maximum Gasteiger partial charge on any atom is 0.348 e. The van der Waals surface area contributed by atoms with Gasteiger partial charge in [0.25, 0.3) is 17.5 Å². The fourth-order valence-electron chi connectivity index (χ4n) is 2.33. The summed E-state index contributed by atoms with van der Waals surface area (Å²) in [6.07, 6.45) is 0. The van der Waals surface area contributed by atoms with Crippen molar-refractivity contribution in [3.63, 3.8) is 0 Å². The Labute approximate surface area is 158 Å². The molecule has 2 rings (SSSR count). The number of ether oxygens (including phenoxy) is 1. The summed E-state index contributed by atoms with van der Waals surface area (Å²) in [6.45, 7) is 3.41. The van der Waals surface area contributed by atoms with E-state index in [1.54, 1.807) is 13.8 Å². The topological polar surface area (TPSA) is 128 Å². The van der Waals surface area contributed by atoms with E-state index >= 15 is 0 Å². The summed E-state index contributed by atoms with van der Waals surface area (Å²) < 4.78 is 4.97. The number of benzene rings is 1. The van der Waals surface area contributed by atoms with E-state index in [0.717, 1.165) is 17.4 Å². The summed E-state index contributed by atoms with van der Waals surface area (Å²) in [7, 11) is 1.43. The van der Waals surface area contributed by atoms with Gasteiger partial charge < -0.3 is 15.4 Å². The molecule has 1 aromatic heterocycles. The van der Waals surface area contributed by atoms with Gasteiger partial charge in [-0.25, -0.2) is 4.79 Å². The number of amides is 2. The highest BCUT2D eigenvalue weighted by Gasteiger charge is 2.26. The van der Waals surface area contributed by atoms with Gasteiger partial charge in [0.1, 0.15) is 9.88 Å². The highest BCUT2D eigenvalue weighted by molar-refractivity contribution is 7.18. The lowest BCUT2D eigenvalue weighted by Crippen LogP contribution is -2.21. The van der Waals surface area contributed by atoms with E-state index in [9.17, 15) is 24.5 Å². The molecule has 0 aliphatic rings. The maximum absolute atomic E-state index is 12.5. The molecule has 0 spiro atoms. The van der Waals surface area contributed by atoms with E-state index in [1.165, 1.54) is 25.2 Å². The van der Waals surface area contributed by atoms with Crippen molar-refractivity contribution in [2.75, 3.05) is 19.0 Å². The molecule has 2 amide bonds. The molecule has 1 aromatic carbocycles. The van der Waals surface area contributed by atoms with Crippen molar-refractivity contribution in [2.45, 2.75) is 13.8 Å². The number of nitro benzene ring substituents is 1. The van der Waals surface area contributed by atoms with Crippen molar-refractivity contribution in [2.24, 2.45) is 0 Å². The molecule has 0 fully saturated rings. The molecule has 0 radical (unpaired) electrons. The normalized spacial score (nSPS) is 10.2. The minimum Gasteiger partial charge on any atom is -0.462 e. The second-order valence-corrected chi connectivity index (χ2v) is 6.34. The number of nitro groups is 1. The number of rotatable bonds is 6. The lowest BCUT2D eigenvalue weighted by atomic mass is 10.1. The smallest absolute Gasteiger partial charge is 0.348 e. The van der Waals surface area contributed by atoms with Gasteiger partial charge in [-0.15, -0.1) is 11.3 Å². The van der Waals surface area contributed by atoms with Crippen LogP contribution in [0.15, 0.2) is 24.3 Å². The highest BCUT2D eigenvalue weighted by atomic mass is 32.1. The highest BCUT2D eigenvalue weighted by Crippen LogP contribution is 2.34. The number of carbonyl (C=O) groups excluding carboxylic acids is 3. The van der Waals surface area contributed by atoms with Crippen LogP contribution in [-0.2, 0) is 4.74 Å². The number of non-ortho nitro benzene ring substituents is 1. The maximum atomic E-state index is 12.5. The number of hydrogen-bond donors (Lipinski definition) is 2. The molecule has 0 unspecified atom stereocenters. The van der Waals surface area contributed by atoms with Crippen LogP contribution in [0.5, 0.6) is 0 Å². The standard InChI is InChI=1S/C17H17N3O6S/c1-4-26-17(23)13-9(2)12(15(22)18-3)16(27-13)19-14(21)10-6-5-7-11(8-10)20(24)25/h5-8H,4H2,1-3H3,(H,18,22)(H,19,21). The fourth-order valence-corrected chi connectivity index (χ4v) is 3.42. The summed E-state index contributed by atoms with van der Waals surface area (Å²) in [6, 6.07) is 5.19. The van der Waals surface area contributed by atoms with Crippen LogP contribution in [0.2, 0.25) is 0 Å². The zero-order valence-electron chi connectivity index (χ0n) is 14.8. The predicted molar refractivity (Wildman–Crippen MR) is 99.5 cm³/mol. The summed E-state index contributed by atoms with van der Waals surface area (Å²) in [5, 5.41) is 16.0. The molecule has 2 N–H and O–H groups in total. The Bertz CT molecular complexity index is 921. The fraction of sp³-hybridized carbons (Fsp3) is 0.235. The number of anilines is 1. The third-order valence-corrected chi connectivity index (χ3v) is 4.80. The van der Waals surface area contributed by atoms with Gasteiger partial charge in [-0.3, -0.25) is 19.7 Å². The first kappa shape index (κ1) is 20.0. The molecule has 0 saturated heterocycles. The number of nitrogens with zero attached hydrogens (tertiary/aromatic N) is 1. The van der Waals surface area contributed by atoms with Crippen molar-refractivity contribution in [3.05, 3.63) is 55.9 Å². The third-order valence-electron chi connectivity index (χ3n) is 3.61. The number of thiophene rings is 1. The van der Waals surface area contributed by atoms with Crippen LogP contribution in [0.3, 0.4) is 0 Å². The van der Waals surface area contributed by atoms with Gasteiger partial charge in [0, 0.05) is 24.7 Å². The van der Waals surface area contributed by atoms with E-state index in [0.29, 0.717) is 5.56 Å². The SMILES string of the molecule is CCOC(=O)c1sc(NC(=O)c2cccc([N+](=O)[O-])c2)c(C(=O)NC)c1C. The number of esters is 1. The Hall–Kier alpha value is -3.27. The van der Waals surface area contributed by atoms with Crippen LogP contribution in [-0.4, -0.2) is 36.4 Å². The second kappa shape index (κ2) is 8.41. The molecule has 9 nitrogen and oxygen atoms in total.